The van der Waals surface area contributed by atoms with Crippen LogP contribution in [-0.4, -0.2) is 55.7 Å². The van der Waals surface area contributed by atoms with Gasteiger partial charge in [-0.1, -0.05) is 6.92 Å². The highest BCUT2D eigenvalue weighted by molar-refractivity contribution is 7.14. The molecule has 0 aromatic carbocycles. The number of hydrogen-bond acceptors (Lipinski definition) is 4. The van der Waals surface area contributed by atoms with Gasteiger partial charge in [0.1, 0.15) is 6.04 Å². The van der Waals surface area contributed by atoms with Crippen molar-refractivity contribution in [1.29, 1.82) is 0 Å². The normalized spacial score (nSPS) is 17.2. The maximum atomic E-state index is 13.3. The third-order valence-electron chi connectivity index (χ3n) is 4.05. The number of carbonyl (C=O) groups is 1. The molecule has 9 heteroatoms. The summed E-state index contributed by atoms with van der Waals surface area (Å²) in [6.07, 6.45) is -3.55. The minimum atomic E-state index is -4.36. The maximum absolute atomic E-state index is 13.3. The first-order chi connectivity index (χ1) is 10.8. The number of aryl methyl sites for hydroxylation is 2. The van der Waals surface area contributed by atoms with Gasteiger partial charge in [0.05, 0.1) is 4.88 Å². The lowest BCUT2D eigenvalue weighted by Crippen LogP contribution is -2.57. The largest absolute Gasteiger partial charge is 0.405 e. The molecular weight excluding hydrogens is 363 g/mol. The van der Waals surface area contributed by atoms with Crippen molar-refractivity contribution < 1.29 is 18.0 Å². The Morgan fingerprint density at radius 1 is 1.42 bits per heavy atom. The van der Waals surface area contributed by atoms with Crippen molar-refractivity contribution in [3.8, 4) is 0 Å². The average molecular weight is 386 g/mol. The lowest BCUT2D eigenvalue weighted by Gasteiger charge is -2.35. The van der Waals surface area contributed by atoms with Crippen LogP contribution in [0.15, 0.2) is 6.07 Å². The number of nitrogens with zero attached hydrogens (tertiary/aromatic N) is 1. The van der Waals surface area contributed by atoms with Crippen molar-refractivity contribution in [2.24, 2.45) is 0 Å². The van der Waals surface area contributed by atoms with Gasteiger partial charge in [-0.15, -0.1) is 23.7 Å². The summed E-state index contributed by atoms with van der Waals surface area (Å²) in [5.41, 5.74) is 1.06. The summed E-state index contributed by atoms with van der Waals surface area (Å²) in [5, 5.41) is 5.49. The van der Waals surface area contributed by atoms with Crippen LogP contribution in [0, 0.1) is 6.92 Å². The molecule has 2 heterocycles. The molecule has 1 amide bonds. The average Bonchev–Trinajstić information content (AvgIpc) is 2.88. The van der Waals surface area contributed by atoms with Crippen molar-refractivity contribution in [3.63, 3.8) is 0 Å². The van der Waals surface area contributed by atoms with E-state index in [1.54, 1.807) is 6.07 Å². The monoisotopic (exact) mass is 385 g/mol. The number of amides is 1. The molecule has 1 aromatic rings. The third kappa shape index (κ3) is 5.34. The summed E-state index contributed by atoms with van der Waals surface area (Å²) in [7, 11) is 0. The summed E-state index contributed by atoms with van der Waals surface area (Å²) in [4.78, 5) is 15.0. The molecule has 0 bridgehead atoms. The SMILES string of the molecule is CCc1cc(C(=O)NCC(N2CCNCC2)C(F)(F)F)sc1C.Cl. The summed E-state index contributed by atoms with van der Waals surface area (Å²) >= 11 is 1.32. The molecule has 0 spiro atoms. The molecule has 138 valence electrons. The summed E-state index contributed by atoms with van der Waals surface area (Å²) in [6, 6.07) is 0.128. The van der Waals surface area contributed by atoms with Crippen molar-refractivity contribution in [3.05, 3.63) is 21.4 Å². The van der Waals surface area contributed by atoms with E-state index in [-0.39, 0.29) is 12.4 Å². The van der Waals surface area contributed by atoms with Gasteiger partial charge in [0, 0.05) is 37.6 Å². The van der Waals surface area contributed by atoms with Crippen LogP contribution < -0.4 is 10.6 Å². The first-order valence-electron chi connectivity index (χ1n) is 7.72. The van der Waals surface area contributed by atoms with Crippen LogP contribution in [0.2, 0.25) is 0 Å². The zero-order valence-corrected chi connectivity index (χ0v) is 15.3. The summed E-state index contributed by atoms with van der Waals surface area (Å²) in [6.45, 7) is 5.21. The Labute approximate surface area is 150 Å². The lowest BCUT2D eigenvalue weighted by atomic mass is 10.2. The second kappa shape index (κ2) is 9.03. The van der Waals surface area contributed by atoms with Crippen LogP contribution >= 0.6 is 23.7 Å². The van der Waals surface area contributed by atoms with E-state index in [1.165, 1.54) is 16.2 Å². The highest BCUT2D eigenvalue weighted by Gasteiger charge is 2.43. The van der Waals surface area contributed by atoms with Crippen LogP contribution in [0.25, 0.3) is 0 Å². The molecule has 0 aliphatic carbocycles. The quantitative estimate of drug-likeness (QED) is 0.819. The Morgan fingerprint density at radius 3 is 2.54 bits per heavy atom. The topological polar surface area (TPSA) is 44.4 Å². The van der Waals surface area contributed by atoms with Crippen LogP contribution in [0.5, 0.6) is 0 Å². The highest BCUT2D eigenvalue weighted by atomic mass is 35.5. The van der Waals surface area contributed by atoms with Gasteiger partial charge in [0.15, 0.2) is 0 Å². The third-order valence-corrected chi connectivity index (χ3v) is 5.14. The summed E-state index contributed by atoms with van der Waals surface area (Å²) in [5.74, 6) is -0.429. The molecule has 24 heavy (non-hydrogen) atoms. The van der Waals surface area contributed by atoms with E-state index in [9.17, 15) is 18.0 Å². The molecule has 4 nitrogen and oxygen atoms in total. The lowest BCUT2D eigenvalue weighted by molar-refractivity contribution is -0.183. The molecule has 1 atom stereocenters. The van der Waals surface area contributed by atoms with E-state index in [2.05, 4.69) is 10.6 Å². The first kappa shape index (κ1) is 21.2. The highest BCUT2D eigenvalue weighted by Crippen LogP contribution is 2.25. The Morgan fingerprint density at radius 2 is 2.04 bits per heavy atom. The molecular formula is C15H23ClF3N3OS. The number of alkyl halides is 3. The zero-order valence-electron chi connectivity index (χ0n) is 13.7. The molecule has 1 aromatic heterocycles. The number of piperazine rings is 1. The molecule has 1 aliphatic rings. The molecule has 1 aliphatic heterocycles. The maximum Gasteiger partial charge on any atom is 0.405 e. The second-order valence-electron chi connectivity index (χ2n) is 5.60. The van der Waals surface area contributed by atoms with Gasteiger partial charge in [0.2, 0.25) is 0 Å². The smallest absolute Gasteiger partial charge is 0.349 e. The van der Waals surface area contributed by atoms with Crippen LogP contribution in [-0.2, 0) is 6.42 Å². The van der Waals surface area contributed by atoms with Crippen molar-refractivity contribution in [2.45, 2.75) is 32.5 Å². The predicted molar refractivity (Wildman–Crippen MR) is 92.3 cm³/mol. The predicted octanol–water partition coefficient (Wildman–Crippen LogP) is 2.61. The fourth-order valence-electron chi connectivity index (χ4n) is 2.70. The Balaban J connectivity index is 0.00000288. The first-order valence-corrected chi connectivity index (χ1v) is 8.53. The van der Waals surface area contributed by atoms with Crippen LogP contribution in [0.3, 0.4) is 0 Å². The van der Waals surface area contributed by atoms with Gasteiger partial charge in [-0.2, -0.15) is 13.2 Å². The van der Waals surface area contributed by atoms with E-state index >= 15 is 0 Å². The Bertz CT molecular complexity index is 545. The summed E-state index contributed by atoms with van der Waals surface area (Å²) < 4.78 is 39.8. The molecule has 2 N–H and O–H groups in total. The van der Waals surface area contributed by atoms with Gasteiger partial charge in [0.25, 0.3) is 5.91 Å². The molecule has 0 saturated carbocycles. The second-order valence-corrected chi connectivity index (χ2v) is 6.86. The van der Waals surface area contributed by atoms with Crippen LogP contribution in [0.4, 0.5) is 13.2 Å². The number of carbonyl (C=O) groups excluding carboxylic acids is 1. The molecule has 1 unspecified atom stereocenters. The minimum absolute atomic E-state index is 0. The fourth-order valence-corrected chi connectivity index (χ4v) is 3.74. The Hall–Kier alpha value is -0.830. The van der Waals surface area contributed by atoms with Crippen molar-refractivity contribution >= 4 is 29.7 Å². The van der Waals surface area contributed by atoms with E-state index in [0.29, 0.717) is 31.1 Å². The van der Waals surface area contributed by atoms with Crippen molar-refractivity contribution in [1.82, 2.24) is 15.5 Å². The molecule has 1 saturated heterocycles. The van der Waals surface area contributed by atoms with Crippen molar-refractivity contribution in [2.75, 3.05) is 32.7 Å². The molecule has 2 rings (SSSR count). The van der Waals surface area contributed by atoms with Gasteiger partial charge < -0.3 is 10.6 Å². The van der Waals surface area contributed by atoms with Gasteiger partial charge in [-0.25, -0.2) is 0 Å². The number of thiophene rings is 1. The van der Waals surface area contributed by atoms with E-state index in [4.69, 9.17) is 0 Å². The standard InChI is InChI=1S/C15H22F3N3OS.ClH/c1-3-11-8-12(23-10(11)2)14(22)20-9-13(15(16,17)18)21-6-4-19-5-7-21;/h8,13,19H,3-7,9H2,1-2H3,(H,20,22);1H. The van der Waals surface area contributed by atoms with Gasteiger partial charge in [-0.3, -0.25) is 9.69 Å². The van der Waals surface area contributed by atoms with Crippen LogP contribution in [0.1, 0.15) is 27.0 Å². The van der Waals surface area contributed by atoms with Gasteiger partial charge in [-0.05, 0) is 25.0 Å². The Kier molecular flexibility index (Phi) is 7.98. The molecule has 1 fully saturated rings. The molecule has 0 radical (unpaired) electrons. The zero-order chi connectivity index (χ0) is 17.0. The fraction of sp³-hybridized carbons (Fsp3) is 0.667. The number of halogens is 4. The van der Waals surface area contributed by atoms with E-state index in [0.717, 1.165) is 16.9 Å². The number of hydrogen-bond donors (Lipinski definition) is 2. The number of nitrogens with one attached hydrogen (secondary N) is 2. The minimum Gasteiger partial charge on any atom is -0.349 e. The van der Waals surface area contributed by atoms with E-state index < -0.39 is 24.7 Å². The van der Waals surface area contributed by atoms with E-state index in [1.807, 2.05) is 13.8 Å². The number of rotatable bonds is 5. The van der Waals surface area contributed by atoms with Gasteiger partial charge >= 0.3 is 6.18 Å².